The fourth-order valence-electron chi connectivity index (χ4n) is 1.94. The van der Waals surface area contributed by atoms with Gasteiger partial charge in [-0.2, -0.15) is 0 Å². The van der Waals surface area contributed by atoms with Gasteiger partial charge in [0.15, 0.2) is 0 Å². The molecule has 2 rings (SSSR count). The molecule has 2 aromatic rings. The van der Waals surface area contributed by atoms with Crippen LogP contribution < -0.4 is 5.32 Å². The zero-order valence-corrected chi connectivity index (χ0v) is 13.3. The summed E-state index contributed by atoms with van der Waals surface area (Å²) in [4.78, 5) is 2.68. The zero-order valence-electron chi connectivity index (χ0n) is 10.9. The SMILES string of the molecule is CC(C)(C)[C@@H](NCc1ccc(Cl)s1)c1cccs1. The van der Waals surface area contributed by atoms with Gasteiger partial charge in [0.1, 0.15) is 0 Å². The Morgan fingerprint density at radius 1 is 1.28 bits per heavy atom. The van der Waals surface area contributed by atoms with Crippen LogP contribution in [0.1, 0.15) is 36.6 Å². The Kier molecular flexibility index (Phi) is 4.49. The Bertz CT molecular complexity index is 482. The smallest absolute Gasteiger partial charge is 0.0931 e. The molecule has 0 aromatic carbocycles. The molecule has 0 fully saturated rings. The van der Waals surface area contributed by atoms with Crippen LogP contribution in [0.2, 0.25) is 4.34 Å². The van der Waals surface area contributed by atoms with E-state index in [1.165, 1.54) is 9.75 Å². The molecule has 1 nitrogen and oxygen atoms in total. The number of rotatable bonds is 4. The van der Waals surface area contributed by atoms with Crippen LogP contribution in [0.5, 0.6) is 0 Å². The van der Waals surface area contributed by atoms with Crippen molar-refractivity contribution in [2.45, 2.75) is 33.4 Å². The summed E-state index contributed by atoms with van der Waals surface area (Å²) in [5.74, 6) is 0. The summed E-state index contributed by atoms with van der Waals surface area (Å²) in [6.45, 7) is 7.68. The third kappa shape index (κ3) is 3.58. The first kappa shape index (κ1) is 14.1. The molecule has 0 saturated heterocycles. The first-order valence-corrected chi connectivity index (χ1v) is 8.05. The maximum Gasteiger partial charge on any atom is 0.0931 e. The average Bonchev–Trinajstić information content (AvgIpc) is 2.88. The van der Waals surface area contributed by atoms with Crippen molar-refractivity contribution < 1.29 is 0 Å². The zero-order chi connectivity index (χ0) is 13.2. The second kappa shape index (κ2) is 5.74. The molecule has 0 spiro atoms. The minimum atomic E-state index is 0.200. The van der Waals surface area contributed by atoms with Crippen LogP contribution in [0.4, 0.5) is 0 Å². The van der Waals surface area contributed by atoms with Crippen molar-refractivity contribution in [2.24, 2.45) is 5.41 Å². The van der Waals surface area contributed by atoms with Gasteiger partial charge in [-0.05, 0) is 29.0 Å². The Labute approximate surface area is 122 Å². The maximum atomic E-state index is 5.96. The first-order chi connectivity index (χ1) is 8.47. The lowest BCUT2D eigenvalue weighted by Crippen LogP contribution is -2.31. The Morgan fingerprint density at radius 2 is 2.06 bits per heavy atom. The van der Waals surface area contributed by atoms with Crippen LogP contribution in [0, 0.1) is 5.41 Å². The van der Waals surface area contributed by atoms with Gasteiger partial charge in [0, 0.05) is 22.3 Å². The highest BCUT2D eigenvalue weighted by Crippen LogP contribution is 2.35. The van der Waals surface area contributed by atoms with Gasteiger partial charge in [-0.3, -0.25) is 0 Å². The van der Waals surface area contributed by atoms with Gasteiger partial charge in [-0.1, -0.05) is 38.4 Å². The second-order valence-corrected chi connectivity index (χ2v) is 8.18. The number of thiophene rings is 2. The molecule has 0 aliphatic heterocycles. The van der Waals surface area contributed by atoms with E-state index in [4.69, 9.17) is 11.6 Å². The van der Waals surface area contributed by atoms with E-state index in [9.17, 15) is 0 Å². The van der Waals surface area contributed by atoms with Gasteiger partial charge in [0.25, 0.3) is 0 Å². The molecule has 2 heterocycles. The summed E-state index contributed by atoms with van der Waals surface area (Å²) < 4.78 is 0.857. The van der Waals surface area contributed by atoms with E-state index in [2.05, 4.69) is 49.7 Å². The molecule has 0 aliphatic rings. The number of halogens is 1. The van der Waals surface area contributed by atoms with Crippen LogP contribution >= 0.6 is 34.3 Å². The highest BCUT2D eigenvalue weighted by atomic mass is 35.5. The van der Waals surface area contributed by atoms with E-state index in [-0.39, 0.29) is 5.41 Å². The van der Waals surface area contributed by atoms with Gasteiger partial charge in [0.2, 0.25) is 0 Å². The highest BCUT2D eigenvalue weighted by Gasteiger charge is 2.26. The Morgan fingerprint density at radius 3 is 2.56 bits per heavy atom. The second-order valence-electron chi connectivity index (χ2n) is 5.40. The molecular formula is C14H18ClNS2. The van der Waals surface area contributed by atoms with Crippen LogP contribution in [0.3, 0.4) is 0 Å². The minimum Gasteiger partial charge on any atom is -0.304 e. The number of nitrogens with one attached hydrogen (secondary N) is 1. The summed E-state index contributed by atoms with van der Waals surface area (Å²) >= 11 is 9.41. The number of hydrogen-bond donors (Lipinski definition) is 1. The van der Waals surface area contributed by atoms with E-state index in [1.54, 1.807) is 11.3 Å². The van der Waals surface area contributed by atoms with Crippen molar-refractivity contribution in [1.82, 2.24) is 5.32 Å². The molecule has 18 heavy (non-hydrogen) atoms. The van der Waals surface area contributed by atoms with Crippen molar-refractivity contribution in [3.05, 3.63) is 43.7 Å². The molecule has 0 aliphatic carbocycles. The molecule has 4 heteroatoms. The predicted molar refractivity (Wildman–Crippen MR) is 82.7 cm³/mol. The van der Waals surface area contributed by atoms with Crippen LogP contribution in [0.25, 0.3) is 0 Å². The molecule has 0 radical (unpaired) electrons. The highest BCUT2D eigenvalue weighted by molar-refractivity contribution is 7.16. The molecule has 0 amide bonds. The Hall–Kier alpha value is -0.350. The van der Waals surface area contributed by atoms with Crippen molar-refractivity contribution in [3.63, 3.8) is 0 Å². The number of hydrogen-bond acceptors (Lipinski definition) is 3. The Balaban J connectivity index is 2.07. The lowest BCUT2D eigenvalue weighted by Gasteiger charge is -2.30. The summed E-state index contributed by atoms with van der Waals surface area (Å²) in [5, 5.41) is 5.79. The first-order valence-electron chi connectivity index (χ1n) is 5.98. The van der Waals surface area contributed by atoms with Gasteiger partial charge in [0.05, 0.1) is 4.34 Å². The van der Waals surface area contributed by atoms with E-state index >= 15 is 0 Å². The van der Waals surface area contributed by atoms with E-state index in [1.807, 2.05) is 17.4 Å². The molecule has 1 atom stereocenters. The minimum absolute atomic E-state index is 0.200. The largest absolute Gasteiger partial charge is 0.304 e. The van der Waals surface area contributed by atoms with Gasteiger partial charge < -0.3 is 5.32 Å². The van der Waals surface area contributed by atoms with Crippen molar-refractivity contribution in [1.29, 1.82) is 0 Å². The standard InChI is InChI=1S/C14H18ClNS2/c1-14(2,3)13(11-5-4-8-17-11)16-9-10-6-7-12(15)18-10/h4-8,13,16H,9H2,1-3H3/t13-/m0/s1. The quantitative estimate of drug-likeness (QED) is 0.803. The lowest BCUT2D eigenvalue weighted by molar-refractivity contribution is 0.275. The fourth-order valence-corrected chi connectivity index (χ4v) is 4.02. The van der Waals surface area contributed by atoms with Crippen molar-refractivity contribution in [2.75, 3.05) is 0 Å². The molecular weight excluding hydrogens is 282 g/mol. The summed E-state index contributed by atoms with van der Waals surface area (Å²) in [6, 6.07) is 8.74. The van der Waals surface area contributed by atoms with Crippen LogP contribution in [-0.2, 0) is 6.54 Å². The van der Waals surface area contributed by atoms with Crippen molar-refractivity contribution in [3.8, 4) is 0 Å². The summed E-state index contributed by atoms with van der Waals surface area (Å²) in [6.07, 6.45) is 0. The van der Waals surface area contributed by atoms with Crippen LogP contribution in [0.15, 0.2) is 29.6 Å². The molecule has 0 saturated carbocycles. The fraction of sp³-hybridized carbons (Fsp3) is 0.429. The van der Waals surface area contributed by atoms with Gasteiger partial charge in [-0.15, -0.1) is 22.7 Å². The summed E-state index contributed by atoms with van der Waals surface area (Å²) in [7, 11) is 0. The lowest BCUT2D eigenvalue weighted by atomic mass is 9.86. The van der Waals surface area contributed by atoms with Gasteiger partial charge in [-0.25, -0.2) is 0 Å². The van der Waals surface area contributed by atoms with Gasteiger partial charge >= 0.3 is 0 Å². The predicted octanol–water partition coefficient (Wildman–Crippen LogP) is 5.34. The normalized spacial score (nSPS) is 13.8. The topological polar surface area (TPSA) is 12.0 Å². The average molecular weight is 300 g/mol. The maximum absolute atomic E-state index is 5.96. The molecule has 2 aromatic heterocycles. The van der Waals surface area contributed by atoms with E-state index < -0.39 is 0 Å². The van der Waals surface area contributed by atoms with Crippen LogP contribution in [-0.4, -0.2) is 0 Å². The molecule has 98 valence electrons. The van der Waals surface area contributed by atoms with E-state index in [0.29, 0.717) is 6.04 Å². The third-order valence-corrected chi connectivity index (χ3v) is 4.97. The monoisotopic (exact) mass is 299 g/mol. The van der Waals surface area contributed by atoms with Crippen molar-refractivity contribution >= 4 is 34.3 Å². The third-order valence-electron chi connectivity index (χ3n) is 2.80. The molecule has 1 N–H and O–H groups in total. The summed E-state index contributed by atoms with van der Waals surface area (Å²) in [5.41, 5.74) is 0.200. The molecule has 0 unspecified atom stereocenters. The molecule has 0 bridgehead atoms. The van der Waals surface area contributed by atoms with E-state index in [0.717, 1.165) is 10.9 Å².